The first-order chi connectivity index (χ1) is 4.68. The van der Waals surface area contributed by atoms with E-state index in [0.29, 0.717) is 0 Å². The number of urea groups is 1. The highest BCUT2D eigenvalue weighted by atomic mass is 16.2. The number of nitrogens with zero attached hydrogens (tertiary/aromatic N) is 1. The molecule has 3 nitrogen and oxygen atoms in total. The Bertz CT molecular complexity index is 104. The highest BCUT2D eigenvalue weighted by molar-refractivity contribution is 5.73. The van der Waals surface area contributed by atoms with Crippen LogP contribution < -0.4 is 10.6 Å². The Morgan fingerprint density at radius 1 is 1.50 bits per heavy atom. The molecule has 0 heterocycles. The maximum Gasteiger partial charge on any atom is 0.483 e. The minimum Gasteiger partial charge on any atom is -0.207 e. The molecule has 58 valence electrons. The summed E-state index contributed by atoms with van der Waals surface area (Å²) in [5, 5.41) is 0. The molecule has 10 heavy (non-hydrogen) atoms. The Hall–Kier alpha value is -0.570. The molecule has 0 bridgehead atoms. The highest BCUT2D eigenvalue weighted by Crippen LogP contribution is 1.93. The van der Waals surface area contributed by atoms with Gasteiger partial charge in [0.05, 0.1) is 0 Å². The largest absolute Gasteiger partial charge is 0.483 e. The summed E-state index contributed by atoms with van der Waals surface area (Å²) < 4.78 is 0. The first-order valence-electron chi connectivity index (χ1n) is 3.65. The molecule has 3 heteroatoms. The van der Waals surface area contributed by atoms with Crippen LogP contribution in [-0.2, 0) is 0 Å². The molecule has 0 aliphatic carbocycles. The van der Waals surface area contributed by atoms with Crippen molar-refractivity contribution in [3.8, 4) is 0 Å². The van der Waals surface area contributed by atoms with E-state index in [-0.39, 0.29) is 0 Å². The molecule has 0 spiro atoms. The predicted molar refractivity (Wildman–Crippen MR) is 40.9 cm³/mol. The van der Waals surface area contributed by atoms with Gasteiger partial charge in [0.2, 0.25) is 0 Å². The van der Waals surface area contributed by atoms with Crippen molar-refractivity contribution in [1.82, 2.24) is 10.6 Å². The molecular weight excluding hydrogens is 128 g/mol. The van der Waals surface area contributed by atoms with Crippen LogP contribution in [0.25, 0.3) is 0 Å². The summed E-state index contributed by atoms with van der Waals surface area (Å²) in [7, 11) is 1.66. The molecule has 0 saturated heterocycles. The third-order valence-corrected chi connectivity index (χ3v) is 1.44. The topological polar surface area (TPSA) is 46.8 Å². The highest BCUT2D eigenvalue weighted by Gasteiger charge is 2.14. The maximum absolute atomic E-state index is 10.3. The zero-order valence-corrected chi connectivity index (χ0v) is 6.68. The van der Waals surface area contributed by atoms with Crippen molar-refractivity contribution in [2.45, 2.75) is 26.2 Å². The van der Waals surface area contributed by atoms with Gasteiger partial charge in [-0.15, -0.1) is 0 Å². The Kier molecular flexibility index (Phi) is 4.94. The van der Waals surface area contributed by atoms with Crippen LogP contribution in [0.4, 0.5) is 4.79 Å². The fourth-order valence-corrected chi connectivity index (χ4v) is 0.701. The molecule has 0 fully saturated rings. The Labute approximate surface area is 62.2 Å². The molecule has 0 rings (SSSR count). The normalized spacial score (nSPS) is 10.3. The summed E-state index contributed by atoms with van der Waals surface area (Å²) in [4.78, 5) is 11.8. The maximum atomic E-state index is 10.3. The number of carbonyl (C=O) groups excluding carboxylic acids is 1. The van der Waals surface area contributed by atoms with Gasteiger partial charge in [-0.05, 0) is 6.42 Å². The number of hydrogen-bond donors (Lipinski definition) is 0. The van der Waals surface area contributed by atoms with Gasteiger partial charge in [-0.25, -0.2) is 5.73 Å². The lowest BCUT2D eigenvalue weighted by Crippen LogP contribution is -2.32. The van der Waals surface area contributed by atoms with Gasteiger partial charge in [0.25, 0.3) is 0 Å². The lowest BCUT2D eigenvalue weighted by molar-refractivity contribution is 0.235. The van der Waals surface area contributed by atoms with Crippen LogP contribution in [0.3, 0.4) is 0 Å². The predicted octanol–water partition coefficient (Wildman–Crippen LogP) is 1.35. The van der Waals surface area contributed by atoms with Gasteiger partial charge in [-0.1, -0.05) is 18.2 Å². The first kappa shape index (κ1) is 9.43. The second-order valence-electron chi connectivity index (χ2n) is 2.43. The quantitative estimate of drug-likeness (QED) is 0.433. The summed E-state index contributed by atoms with van der Waals surface area (Å²) in [6.07, 6.45) is 3.30. The van der Waals surface area contributed by atoms with Gasteiger partial charge >= 0.3 is 6.03 Å². The Balaban J connectivity index is 3.21. The summed E-state index contributed by atoms with van der Waals surface area (Å²) >= 11 is 0. The van der Waals surface area contributed by atoms with Crippen LogP contribution in [-0.4, -0.2) is 19.6 Å². The van der Waals surface area contributed by atoms with E-state index in [9.17, 15) is 4.79 Å². The van der Waals surface area contributed by atoms with E-state index in [1.165, 1.54) is 4.90 Å². The molecular formula is C7H15N2O+. The molecule has 0 saturated carbocycles. The van der Waals surface area contributed by atoms with Gasteiger partial charge in [0.15, 0.2) is 0 Å². The van der Waals surface area contributed by atoms with Crippen molar-refractivity contribution < 1.29 is 4.79 Å². The Morgan fingerprint density at radius 2 is 2.10 bits per heavy atom. The van der Waals surface area contributed by atoms with Crippen molar-refractivity contribution in [2.75, 3.05) is 13.6 Å². The number of hydrogen-bond acceptors (Lipinski definition) is 1. The minimum absolute atomic E-state index is 0.587. The molecule has 1 N–H and O–H groups in total. The van der Waals surface area contributed by atoms with Crippen LogP contribution >= 0.6 is 0 Å². The van der Waals surface area contributed by atoms with Crippen LogP contribution in [0.1, 0.15) is 26.2 Å². The number of amides is 2. The van der Waals surface area contributed by atoms with Gasteiger partial charge in [-0.2, -0.15) is 4.79 Å². The first-order valence-corrected chi connectivity index (χ1v) is 3.65. The van der Waals surface area contributed by atoms with Crippen molar-refractivity contribution >= 4 is 6.03 Å². The standard InChI is InChI=1S/C7H15N2O/c1-3-4-5-6-9(2)7(8)10/h8H,3-6H2,1-2H3/q+1. The van der Waals surface area contributed by atoms with Gasteiger partial charge < -0.3 is 0 Å². The molecule has 0 aromatic carbocycles. The average molecular weight is 143 g/mol. The summed E-state index contributed by atoms with van der Waals surface area (Å²) in [5.74, 6) is 0. The van der Waals surface area contributed by atoms with E-state index in [4.69, 9.17) is 5.73 Å². The number of rotatable bonds is 4. The van der Waals surface area contributed by atoms with Crippen molar-refractivity contribution in [3.63, 3.8) is 0 Å². The van der Waals surface area contributed by atoms with E-state index in [1.54, 1.807) is 7.05 Å². The van der Waals surface area contributed by atoms with E-state index in [2.05, 4.69) is 6.92 Å². The molecule has 0 aliphatic heterocycles. The third-order valence-electron chi connectivity index (χ3n) is 1.44. The van der Waals surface area contributed by atoms with Crippen LogP contribution in [0, 0.1) is 0 Å². The summed E-state index contributed by atoms with van der Waals surface area (Å²) in [5.41, 5.74) is 6.71. The summed E-state index contributed by atoms with van der Waals surface area (Å²) in [6, 6.07) is -0.587. The molecule has 0 atom stereocenters. The van der Waals surface area contributed by atoms with E-state index >= 15 is 0 Å². The fraction of sp³-hybridized carbons (Fsp3) is 0.857. The van der Waals surface area contributed by atoms with Crippen LogP contribution in [0.5, 0.6) is 0 Å². The smallest absolute Gasteiger partial charge is 0.207 e. The lowest BCUT2D eigenvalue weighted by Gasteiger charge is -1.98. The average Bonchev–Trinajstić information content (AvgIpc) is 1.88. The fourth-order valence-electron chi connectivity index (χ4n) is 0.701. The van der Waals surface area contributed by atoms with Gasteiger partial charge in [0.1, 0.15) is 13.6 Å². The zero-order valence-electron chi connectivity index (χ0n) is 6.68. The number of carbonyl (C=O) groups is 1. The number of nitrogens with one attached hydrogen (secondary N) is 1. The number of unbranched alkanes of at least 4 members (excludes halogenated alkanes) is 2. The molecule has 0 aromatic rings. The second-order valence-corrected chi connectivity index (χ2v) is 2.43. The van der Waals surface area contributed by atoms with Crippen molar-refractivity contribution in [3.05, 3.63) is 0 Å². The lowest BCUT2D eigenvalue weighted by atomic mass is 10.2. The monoisotopic (exact) mass is 143 g/mol. The van der Waals surface area contributed by atoms with Crippen LogP contribution in [0.2, 0.25) is 0 Å². The molecule has 0 unspecified atom stereocenters. The second kappa shape index (κ2) is 5.23. The van der Waals surface area contributed by atoms with Gasteiger partial charge in [0, 0.05) is 6.42 Å². The van der Waals surface area contributed by atoms with E-state index in [0.717, 1.165) is 25.8 Å². The van der Waals surface area contributed by atoms with E-state index < -0.39 is 6.03 Å². The zero-order chi connectivity index (χ0) is 7.98. The minimum atomic E-state index is -0.587. The summed E-state index contributed by atoms with van der Waals surface area (Å²) in [6.45, 7) is 2.83. The molecule has 2 radical (unpaired) electrons. The van der Waals surface area contributed by atoms with Crippen LogP contribution in [0.15, 0.2) is 0 Å². The molecule has 0 aromatic heterocycles. The molecule has 2 amide bonds. The van der Waals surface area contributed by atoms with Gasteiger partial charge in [-0.3, -0.25) is 0 Å². The van der Waals surface area contributed by atoms with Crippen molar-refractivity contribution in [2.24, 2.45) is 0 Å². The Morgan fingerprint density at radius 3 is 2.50 bits per heavy atom. The van der Waals surface area contributed by atoms with E-state index in [1.807, 2.05) is 0 Å². The SMILES string of the molecule is CCCCC[N+](C)C([NH])=O. The van der Waals surface area contributed by atoms with Crippen molar-refractivity contribution in [1.29, 1.82) is 0 Å². The third kappa shape index (κ3) is 4.32. The molecule has 0 aliphatic rings.